The number of rotatable bonds is 4. The van der Waals surface area contributed by atoms with Crippen molar-refractivity contribution in [2.45, 2.75) is 51.6 Å². The van der Waals surface area contributed by atoms with Gasteiger partial charge in [0, 0.05) is 19.3 Å². The molecule has 1 aromatic carbocycles. The van der Waals surface area contributed by atoms with E-state index in [0.717, 1.165) is 16.7 Å². The van der Waals surface area contributed by atoms with E-state index in [1.54, 1.807) is 33.0 Å². The number of alkyl halides is 1. The number of nitrogens with one attached hydrogen (secondary N) is 1. The Balaban J connectivity index is 1.61. The molecule has 0 spiro atoms. The Labute approximate surface area is 192 Å². The summed E-state index contributed by atoms with van der Waals surface area (Å²) in [5.74, 6) is 0.690. The molecule has 1 fully saturated rings. The van der Waals surface area contributed by atoms with Gasteiger partial charge in [0.1, 0.15) is 11.8 Å². The second-order valence-corrected chi connectivity index (χ2v) is 9.11. The van der Waals surface area contributed by atoms with Crippen LogP contribution in [0.3, 0.4) is 0 Å². The molecule has 3 heterocycles. The number of alkyl carbamates (subject to hydrolysis) is 1. The predicted octanol–water partition coefficient (Wildman–Crippen LogP) is 4.47. The van der Waals surface area contributed by atoms with Gasteiger partial charge in [0.25, 0.3) is 0 Å². The first kappa shape index (κ1) is 22.5. The maximum atomic E-state index is 14.7. The van der Waals surface area contributed by atoms with Crippen LogP contribution in [0, 0.1) is 6.57 Å². The van der Waals surface area contributed by atoms with Gasteiger partial charge in [-0.25, -0.2) is 19.0 Å². The van der Waals surface area contributed by atoms with Crippen molar-refractivity contribution in [2.75, 3.05) is 18.0 Å². The summed E-state index contributed by atoms with van der Waals surface area (Å²) in [6, 6.07) is 10.6. The Bertz CT molecular complexity index is 1180. The minimum atomic E-state index is -1.17. The fourth-order valence-corrected chi connectivity index (χ4v) is 3.90. The number of pyridine rings is 1. The fraction of sp³-hybridized carbons (Fsp3) is 0.417. The molecule has 1 aliphatic heterocycles. The number of nitrogens with zero attached hydrogens (tertiary/aromatic N) is 5. The number of benzene rings is 1. The molecule has 1 amide bonds. The number of carbonyl (C=O) groups is 1. The average Bonchev–Trinajstić information content (AvgIpc) is 3.13. The third-order valence-electron chi connectivity index (χ3n) is 5.41. The highest BCUT2D eigenvalue weighted by Gasteiger charge is 2.33. The molecule has 1 N–H and O–H groups in total. The molecule has 2 aromatic heterocycles. The number of halogens is 1. The molecular weight excluding hydrogens is 423 g/mol. The molecule has 4 rings (SSSR count). The summed E-state index contributed by atoms with van der Waals surface area (Å²) in [4.78, 5) is 26.8. The number of para-hydroxylation sites is 2. The van der Waals surface area contributed by atoms with E-state index in [1.807, 2.05) is 39.8 Å². The number of aromatic nitrogens is 3. The number of ether oxygens (including phenoxy) is 1. The minimum Gasteiger partial charge on any atom is -0.444 e. The standard InChI is InChI=1S/C24H27FN6O2/c1-24(2,3)33-23(32)29-20-15-30(12-11-18(20)25)22-28-19-7-5-6-8-21(19)31(22)14-17-10-9-16(26-4)13-27-17/h5-10,13,18,20H,11-12,14-15H2,1-3H3,(H,29,32)/t18-,20-/m1/s1. The molecule has 0 bridgehead atoms. The third kappa shape index (κ3) is 5.22. The van der Waals surface area contributed by atoms with Crippen molar-refractivity contribution in [2.24, 2.45) is 0 Å². The van der Waals surface area contributed by atoms with Gasteiger partial charge in [-0.2, -0.15) is 0 Å². The van der Waals surface area contributed by atoms with Gasteiger partial charge in [0.05, 0.1) is 35.9 Å². The number of carbonyl (C=O) groups excluding carboxylic acids is 1. The lowest BCUT2D eigenvalue weighted by Crippen LogP contribution is -2.55. The van der Waals surface area contributed by atoms with Crippen LogP contribution in [-0.4, -0.2) is 51.5 Å². The van der Waals surface area contributed by atoms with E-state index in [-0.39, 0.29) is 13.0 Å². The van der Waals surface area contributed by atoms with Crippen LogP contribution in [0.15, 0.2) is 42.6 Å². The van der Waals surface area contributed by atoms with Crippen molar-refractivity contribution in [3.63, 3.8) is 0 Å². The van der Waals surface area contributed by atoms with Crippen LogP contribution in [0.25, 0.3) is 15.9 Å². The molecule has 1 saturated heterocycles. The van der Waals surface area contributed by atoms with E-state index in [1.165, 1.54) is 0 Å². The first-order chi connectivity index (χ1) is 15.7. The summed E-state index contributed by atoms with van der Waals surface area (Å²) in [5, 5.41) is 2.69. The Morgan fingerprint density at radius 3 is 2.79 bits per heavy atom. The summed E-state index contributed by atoms with van der Waals surface area (Å²) < 4.78 is 22.0. The van der Waals surface area contributed by atoms with Crippen LogP contribution in [-0.2, 0) is 11.3 Å². The quantitative estimate of drug-likeness (QED) is 0.594. The zero-order chi connectivity index (χ0) is 23.6. The number of fused-ring (bicyclic) bond motifs is 1. The smallest absolute Gasteiger partial charge is 0.408 e. The zero-order valence-electron chi connectivity index (χ0n) is 19.0. The van der Waals surface area contributed by atoms with E-state index in [4.69, 9.17) is 16.3 Å². The predicted molar refractivity (Wildman–Crippen MR) is 124 cm³/mol. The maximum absolute atomic E-state index is 14.7. The number of hydrogen-bond acceptors (Lipinski definition) is 5. The summed E-state index contributed by atoms with van der Waals surface area (Å²) in [7, 11) is 0. The largest absolute Gasteiger partial charge is 0.444 e. The molecule has 9 heteroatoms. The topological polar surface area (TPSA) is 76.6 Å². The molecule has 0 unspecified atom stereocenters. The molecule has 2 atom stereocenters. The SMILES string of the molecule is [C-]#[N+]c1ccc(Cn2c(N3CC[C@@H](F)[C@H](NC(=O)OC(C)(C)C)C3)nc3ccccc32)nc1. The summed E-state index contributed by atoms with van der Waals surface area (Å²) >= 11 is 0. The van der Waals surface area contributed by atoms with E-state index in [0.29, 0.717) is 24.7 Å². The molecule has 3 aromatic rings. The normalized spacial score (nSPS) is 18.7. The van der Waals surface area contributed by atoms with Gasteiger partial charge < -0.3 is 19.5 Å². The van der Waals surface area contributed by atoms with Crippen molar-refractivity contribution in [3.05, 3.63) is 59.7 Å². The number of imidazole rings is 1. The number of anilines is 1. The van der Waals surface area contributed by atoms with Crippen molar-refractivity contribution in [3.8, 4) is 0 Å². The highest BCUT2D eigenvalue weighted by molar-refractivity contribution is 5.79. The second-order valence-electron chi connectivity index (χ2n) is 9.11. The van der Waals surface area contributed by atoms with E-state index in [9.17, 15) is 9.18 Å². The van der Waals surface area contributed by atoms with Crippen LogP contribution >= 0.6 is 0 Å². The third-order valence-corrected chi connectivity index (χ3v) is 5.41. The van der Waals surface area contributed by atoms with E-state index in [2.05, 4.69) is 15.1 Å². The lowest BCUT2D eigenvalue weighted by atomic mass is 10.0. The van der Waals surface area contributed by atoms with E-state index < -0.39 is 23.9 Å². The van der Waals surface area contributed by atoms with Crippen molar-refractivity contribution < 1.29 is 13.9 Å². The van der Waals surface area contributed by atoms with Crippen LogP contribution < -0.4 is 10.2 Å². The molecule has 1 aliphatic rings. The van der Waals surface area contributed by atoms with Gasteiger partial charge in [-0.3, -0.25) is 4.98 Å². The highest BCUT2D eigenvalue weighted by Crippen LogP contribution is 2.27. The van der Waals surface area contributed by atoms with Crippen molar-refractivity contribution in [1.82, 2.24) is 19.9 Å². The first-order valence-electron chi connectivity index (χ1n) is 10.9. The number of amides is 1. The Morgan fingerprint density at radius 2 is 2.09 bits per heavy atom. The molecular formula is C24H27FN6O2. The summed E-state index contributed by atoms with van der Waals surface area (Å²) in [6.45, 7) is 13.6. The Hall–Kier alpha value is -3.67. The molecule has 0 saturated carbocycles. The maximum Gasteiger partial charge on any atom is 0.408 e. The van der Waals surface area contributed by atoms with Gasteiger partial charge in [-0.05, 0) is 45.4 Å². The van der Waals surface area contributed by atoms with Crippen LogP contribution in [0.5, 0.6) is 0 Å². The second kappa shape index (κ2) is 9.06. The number of hydrogen-bond donors (Lipinski definition) is 1. The van der Waals surface area contributed by atoms with Crippen LogP contribution in [0.4, 0.5) is 20.8 Å². The average molecular weight is 451 g/mol. The van der Waals surface area contributed by atoms with Gasteiger partial charge in [-0.1, -0.05) is 18.2 Å². The molecule has 0 aliphatic carbocycles. The zero-order valence-corrected chi connectivity index (χ0v) is 19.0. The number of piperidine rings is 1. The highest BCUT2D eigenvalue weighted by atomic mass is 19.1. The van der Waals surface area contributed by atoms with Gasteiger partial charge in [0.15, 0.2) is 0 Å². The van der Waals surface area contributed by atoms with Gasteiger partial charge in [0.2, 0.25) is 11.6 Å². The van der Waals surface area contributed by atoms with Crippen molar-refractivity contribution >= 4 is 28.8 Å². The van der Waals surface area contributed by atoms with Crippen molar-refractivity contribution in [1.29, 1.82) is 0 Å². The first-order valence-corrected chi connectivity index (χ1v) is 10.9. The molecule has 8 nitrogen and oxygen atoms in total. The summed E-state index contributed by atoms with van der Waals surface area (Å²) in [6.07, 6.45) is 0.0158. The lowest BCUT2D eigenvalue weighted by Gasteiger charge is -2.36. The fourth-order valence-electron chi connectivity index (χ4n) is 3.90. The Kier molecular flexibility index (Phi) is 6.18. The lowest BCUT2D eigenvalue weighted by molar-refractivity contribution is 0.0465. The Morgan fingerprint density at radius 1 is 1.30 bits per heavy atom. The molecule has 33 heavy (non-hydrogen) atoms. The van der Waals surface area contributed by atoms with Crippen LogP contribution in [0.2, 0.25) is 0 Å². The molecule has 172 valence electrons. The minimum absolute atomic E-state index is 0.265. The van der Waals surface area contributed by atoms with Gasteiger partial charge >= 0.3 is 6.09 Å². The monoisotopic (exact) mass is 450 g/mol. The summed E-state index contributed by atoms with van der Waals surface area (Å²) in [5.41, 5.74) is 2.37. The van der Waals surface area contributed by atoms with Gasteiger partial charge in [-0.15, -0.1) is 0 Å². The van der Waals surface area contributed by atoms with E-state index >= 15 is 0 Å². The molecule has 0 radical (unpaired) electrons. The van der Waals surface area contributed by atoms with Crippen LogP contribution in [0.1, 0.15) is 32.9 Å².